The highest BCUT2D eigenvalue weighted by atomic mass is 16.5. The molecule has 0 aliphatic carbocycles. The second-order valence-electron chi connectivity index (χ2n) is 5.88. The molecular weight excluding hydrogens is 256 g/mol. The molecule has 1 saturated heterocycles. The van der Waals surface area contributed by atoms with Crippen LogP contribution in [0, 0.1) is 0 Å². The van der Waals surface area contributed by atoms with Gasteiger partial charge in [0.15, 0.2) is 0 Å². The first-order chi connectivity index (χ1) is 9.39. The first kappa shape index (κ1) is 14.8. The van der Waals surface area contributed by atoms with Crippen molar-refractivity contribution in [2.24, 2.45) is 0 Å². The second-order valence-corrected chi connectivity index (χ2v) is 5.88. The number of nitrogens with two attached hydrogens (primary N) is 1. The Morgan fingerprint density at radius 2 is 2.30 bits per heavy atom. The summed E-state index contributed by atoms with van der Waals surface area (Å²) < 4.78 is 5.71. The zero-order chi connectivity index (χ0) is 14.8. The lowest BCUT2D eigenvalue weighted by atomic mass is 10.0. The molecule has 0 spiro atoms. The van der Waals surface area contributed by atoms with Crippen LogP contribution >= 0.6 is 0 Å². The summed E-state index contributed by atoms with van der Waals surface area (Å²) in [4.78, 5) is 14.1. The van der Waals surface area contributed by atoms with E-state index in [0.717, 1.165) is 5.56 Å². The fourth-order valence-corrected chi connectivity index (χ4v) is 2.57. The summed E-state index contributed by atoms with van der Waals surface area (Å²) in [6, 6.07) is 7.35. The number of hydrogen-bond donors (Lipinski definition) is 2. The number of anilines is 1. The molecule has 1 unspecified atom stereocenters. The fraction of sp³-hybridized carbons (Fsp3) is 0.533. The van der Waals surface area contributed by atoms with Crippen molar-refractivity contribution in [2.75, 3.05) is 25.4 Å². The molecule has 5 heteroatoms. The number of carbonyl (C=O) groups excluding carboxylic acids is 1. The number of nitrogens with zero attached hydrogens (tertiary/aromatic N) is 1. The zero-order valence-electron chi connectivity index (χ0n) is 12.0. The number of morpholine rings is 1. The molecule has 1 amide bonds. The van der Waals surface area contributed by atoms with E-state index in [1.165, 1.54) is 0 Å². The zero-order valence-corrected chi connectivity index (χ0v) is 12.0. The summed E-state index contributed by atoms with van der Waals surface area (Å²) in [5.74, 6) is 0.0328. The molecule has 1 atom stereocenters. The average Bonchev–Trinajstić information content (AvgIpc) is 2.36. The Bertz CT molecular complexity index is 488. The van der Waals surface area contributed by atoms with Gasteiger partial charge in [-0.1, -0.05) is 12.1 Å². The number of aliphatic hydroxyl groups excluding tert-OH is 1. The van der Waals surface area contributed by atoms with Gasteiger partial charge < -0.3 is 20.5 Å². The van der Waals surface area contributed by atoms with Crippen molar-refractivity contribution in [2.45, 2.75) is 32.0 Å². The van der Waals surface area contributed by atoms with Crippen LogP contribution in [-0.2, 0) is 16.0 Å². The first-order valence-corrected chi connectivity index (χ1v) is 6.80. The standard InChI is InChI=1S/C15H22N2O3/c1-15(2)10-17(8-13(9-18)20-15)14(19)7-11-4-3-5-12(16)6-11/h3-6,13,18H,7-10,16H2,1-2H3. The molecule has 5 nitrogen and oxygen atoms in total. The Labute approximate surface area is 119 Å². The Kier molecular flexibility index (Phi) is 4.30. The van der Waals surface area contributed by atoms with E-state index < -0.39 is 5.60 Å². The first-order valence-electron chi connectivity index (χ1n) is 6.80. The number of nitrogen functional groups attached to an aromatic ring is 1. The highest BCUT2D eigenvalue weighted by Gasteiger charge is 2.35. The quantitative estimate of drug-likeness (QED) is 0.802. The maximum atomic E-state index is 12.4. The van der Waals surface area contributed by atoms with Crippen LogP contribution in [0.3, 0.4) is 0 Å². The van der Waals surface area contributed by atoms with Crippen molar-refractivity contribution in [1.29, 1.82) is 0 Å². The number of hydrogen-bond acceptors (Lipinski definition) is 4. The molecule has 1 heterocycles. The van der Waals surface area contributed by atoms with Gasteiger partial charge >= 0.3 is 0 Å². The van der Waals surface area contributed by atoms with Crippen LogP contribution in [0.25, 0.3) is 0 Å². The van der Waals surface area contributed by atoms with E-state index in [2.05, 4.69) is 0 Å². The molecule has 0 saturated carbocycles. The van der Waals surface area contributed by atoms with E-state index >= 15 is 0 Å². The van der Waals surface area contributed by atoms with Crippen LogP contribution in [-0.4, -0.2) is 47.3 Å². The molecule has 2 rings (SSSR count). The van der Waals surface area contributed by atoms with Gasteiger partial charge in [0, 0.05) is 18.8 Å². The summed E-state index contributed by atoms with van der Waals surface area (Å²) in [5, 5.41) is 9.27. The van der Waals surface area contributed by atoms with Crippen molar-refractivity contribution in [3.63, 3.8) is 0 Å². The Balaban J connectivity index is 2.04. The molecule has 0 aromatic heterocycles. The highest BCUT2D eigenvalue weighted by molar-refractivity contribution is 5.79. The van der Waals surface area contributed by atoms with Crippen molar-refractivity contribution < 1.29 is 14.6 Å². The molecule has 1 aromatic carbocycles. The van der Waals surface area contributed by atoms with E-state index in [4.69, 9.17) is 10.5 Å². The third-order valence-electron chi connectivity index (χ3n) is 3.34. The van der Waals surface area contributed by atoms with Crippen molar-refractivity contribution in [3.8, 4) is 0 Å². The van der Waals surface area contributed by atoms with E-state index in [1.54, 1.807) is 11.0 Å². The van der Waals surface area contributed by atoms with Crippen molar-refractivity contribution >= 4 is 11.6 Å². The maximum Gasteiger partial charge on any atom is 0.227 e. The van der Waals surface area contributed by atoms with Gasteiger partial charge in [-0.2, -0.15) is 0 Å². The van der Waals surface area contributed by atoms with Crippen molar-refractivity contribution in [3.05, 3.63) is 29.8 Å². The van der Waals surface area contributed by atoms with Crippen molar-refractivity contribution in [1.82, 2.24) is 4.90 Å². The predicted octanol–water partition coefficient (Wildman–Crippen LogP) is 0.810. The lowest BCUT2D eigenvalue weighted by molar-refractivity contribution is -0.166. The molecule has 1 aliphatic rings. The van der Waals surface area contributed by atoms with E-state index in [1.807, 2.05) is 32.0 Å². The molecule has 0 radical (unpaired) electrons. The summed E-state index contributed by atoms with van der Waals surface area (Å²) in [7, 11) is 0. The monoisotopic (exact) mass is 278 g/mol. The van der Waals surface area contributed by atoms with Crippen LogP contribution < -0.4 is 5.73 Å². The van der Waals surface area contributed by atoms with E-state index in [0.29, 0.717) is 25.2 Å². The summed E-state index contributed by atoms with van der Waals surface area (Å²) in [6.45, 7) is 4.74. The molecule has 20 heavy (non-hydrogen) atoms. The minimum absolute atomic E-state index is 0.0328. The third-order valence-corrected chi connectivity index (χ3v) is 3.34. The van der Waals surface area contributed by atoms with Gasteiger partial charge in [-0.25, -0.2) is 0 Å². The highest BCUT2D eigenvalue weighted by Crippen LogP contribution is 2.21. The van der Waals surface area contributed by atoms with Gasteiger partial charge in [-0.15, -0.1) is 0 Å². The van der Waals surface area contributed by atoms with Crippen LogP contribution in [0.2, 0.25) is 0 Å². The van der Waals surface area contributed by atoms with Gasteiger partial charge in [-0.05, 0) is 31.5 Å². The smallest absolute Gasteiger partial charge is 0.227 e. The molecule has 1 aromatic rings. The summed E-state index contributed by atoms with van der Waals surface area (Å²) >= 11 is 0. The van der Waals surface area contributed by atoms with Crippen LogP contribution in [0.4, 0.5) is 5.69 Å². The van der Waals surface area contributed by atoms with Gasteiger partial charge in [-0.3, -0.25) is 4.79 Å². The molecule has 3 N–H and O–H groups in total. The number of amides is 1. The minimum atomic E-state index is -0.434. The van der Waals surface area contributed by atoms with Crippen LogP contribution in [0.15, 0.2) is 24.3 Å². The second kappa shape index (κ2) is 5.81. The number of rotatable bonds is 3. The van der Waals surface area contributed by atoms with Crippen LogP contribution in [0.5, 0.6) is 0 Å². The van der Waals surface area contributed by atoms with Gasteiger partial charge in [0.25, 0.3) is 0 Å². The number of ether oxygens (including phenoxy) is 1. The predicted molar refractivity (Wildman–Crippen MR) is 77.2 cm³/mol. The Morgan fingerprint density at radius 1 is 1.55 bits per heavy atom. The molecule has 1 aliphatic heterocycles. The number of aliphatic hydroxyl groups is 1. The fourth-order valence-electron chi connectivity index (χ4n) is 2.57. The average molecular weight is 278 g/mol. The molecular formula is C15H22N2O3. The van der Waals surface area contributed by atoms with E-state index in [-0.39, 0.29) is 18.6 Å². The maximum absolute atomic E-state index is 12.4. The Morgan fingerprint density at radius 3 is 2.95 bits per heavy atom. The third kappa shape index (κ3) is 3.71. The summed E-state index contributed by atoms with van der Waals surface area (Å²) in [6.07, 6.45) is 0.00255. The van der Waals surface area contributed by atoms with Gasteiger partial charge in [0.1, 0.15) is 0 Å². The van der Waals surface area contributed by atoms with Crippen LogP contribution in [0.1, 0.15) is 19.4 Å². The molecule has 0 bridgehead atoms. The number of benzene rings is 1. The SMILES string of the molecule is CC1(C)CN(C(=O)Cc2cccc(N)c2)CC(CO)O1. The van der Waals surface area contributed by atoms with Gasteiger partial charge in [0.05, 0.1) is 24.7 Å². The molecule has 1 fully saturated rings. The normalized spacial score (nSPS) is 21.8. The van der Waals surface area contributed by atoms with E-state index in [9.17, 15) is 9.90 Å². The largest absolute Gasteiger partial charge is 0.399 e. The summed E-state index contributed by atoms with van der Waals surface area (Å²) in [5.41, 5.74) is 6.85. The lowest BCUT2D eigenvalue weighted by Crippen LogP contribution is -2.55. The Hall–Kier alpha value is -1.59. The molecule has 110 valence electrons. The topological polar surface area (TPSA) is 75.8 Å². The number of carbonyl (C=O) groups is 1. The lowest BCUT2D eigenvalue weighted by Gasteiger charge is -2.42. The minimum Gasteiger partial charge on any atom is -0.399 e. The van der Waals surface area contributed by atoms with Gasteiger partial charge in [0.2, 0.25) is 5.91 Å².